The van der Waals surface area contributed by atoms with Crippen molar-refractivity contribution < 1.29 is 13.2 Å². The molecule has 9 nitrogen and oxygen atoms in total. The van der Waals surface area contributed by atoms with Crippen LogP contribution in [0.5, 0.6) is 0 Å². The van der Waals surface area contributed by atoms with Gasteiger partial charge in [0.05, 0.1) is 6.26 Å². The number of hydrogen-bond donors (Lipinski definition) is 1. The minimum Gasteiger partial charge on any atom is -0.335 e. The topological polar surface area (TPSA) is 110 Å². The third-order valence-corrected chi connectivity index (χ3v) is 5.23. The summed E-state index contributed by atoms with van der Waals surface area (Å²) in [7, 11) is -0.620. The molecule has 0 unspecified atom stereocenters. The molecule has 2 atom stereocenters. The highest BCUT2D eigenvalue weighted by Crippen LogP contribution is 2.23. The van der Waals surface area contributed by atoms with Crippen LogP contribution in [-0.2, 0) is 24.1 Å². The Balaban J connectivity index is 2.32. The number of nitrogens with one attached hydrogen (secondary N) is 1. The van der Waals surface area contributed by atoms with Crippen LogP contribution in [0.3, 0.4) is 0 Å². The predicted molar refractivity (Wildman–Crippen MR) is 93.0 cm³/mol. The van der Waals surface area contributed by atoms with Gasteiger partial charge in [-0.3, -0.25) is 18.7 Å². The summed E-state index contributed by atoms with van der Waals surface area (Å²) in [5.74, 6) is -0.455. The highest BCUT2D eigenvalue weighted by molar-refractivity contribution is 7.88. The first kappa shape index (κ1) is 19.4. The van der Waals surface area contributed by atoms with E-state index in [0.717, 1.165) is 34.3 Å². The molecule has 1 N–H and O–H groups in total. The third kappa shape index (κ3) is 4.18. The fourth-order valence-electron chi connectivity index (χ4n) is 3.21. The summed E-state index contributed by atoms with van der Waals surface area (Å²) in [5, 5.41) is 0. The molecule has 10 heteroatoms. The fraction of sp³-hybridized carbons (Fsp3) is 0.667. The Bertz CT molecular complexity index is 886. The van der Waals surface area contributed by atoms with Crippen LogP contribution in [0.15, 0.2) is 15.7 Å². The Kier molecular flexibility index (Phi) is 5.52. The van der Waals surface area contributed by atoms with E-state index in [1.165, 1.54) is 19.0 Å². The van der Waals surface area contributed by atoms with Crippen molar-refractivity contribution in [1.82, 2.24) is 18.8 Å². The average molecular weight is 372 g/mol. The van der Waals surface area contributed by atoms with Gasteiger partial charge < -0.3 is 4.90 Å². The molecule has 25 heavy (non-hydrogen) atoms. The summed E-state index contributed by atoms with van der Waals surface area (Å²) >= 11 is 0. The molecular weight excluding hydrogens is 348 g/mol. The van der Waals surface area contributed by atoms with E-state index in [1.807, 2.05) is 6.92 Å². The molecule has 0 aromatic carbocycles. The molecule has 2 heterocycles. The van der Waals surface area contributed by atoms with Crippen molar-refractivity contribution in [3.8, 4) is 0 Å². The van der Waals surface area contributed by atoms with Crippen molar-refractivity contribution in [2.45, 2.75) is 25.8 Å². The molecule has 1 aromatic heterocycles. The quantitative estimate of drug-likeness (QED) is 0.703. The second-order valence-corrected chi connectivity index (χ2v) is 8.30. The average Bonchev–Trinajstić information content (AvgIpc) is 2.89. The van der Waals surface area contributed by atoms with Gasteiger partial charge >= 0.3 is 5.69 Å². The number of amides is 1. The Morgan fingerprint density at radius 1 is 1.24 bits per heavy atom. The number of nitrogens with zero attached hydrogens (tertiary/aromatic N) is 3. The van der Waals surface area contributed by atoms with Gasteiger partial charge in [0.15, 0.2) is 0 Å². The van der Waals surface area contributed by atoms with Crippen LogP contribution in [0.25, 0.3) is 0 Å². The van der Waals surface area contributed by atoms with Crippen molar-refractivity contribution in [3.05, 3.63) is 32.6 Å². The minimum absolute atomic E-state index is 0.00311. The SMILES string of the molecule is CCC[C@@H]1CN(C(=O)c2cc(=O)n(C)c(=O)n2C)C[C@H]1NS(C)(=O)=O. The lowest BCUT2D eigenvalue weighted by atomic mass is 9.99. The van der Waals surface area contributed by atoms with Crippen LogP contribution in [0, 0.1) is 5.92 Å². The Hall–Kier alpha value is -1.94. The number of carbonyl (C=O) groups excluding carboxylic acids is 1. The lowest BCUT2D eigenvalue weighted by Gasteiger charge is -2.18. The molecule has 140 valence electrons. The first-order valence-electron chi connectivity index (χ1n) is 8.08. The van der Waals surface area contributed by atoms with Gasteiger partial charge in [0.1, 0.15) is 5.69 Å². The summed E-state index contributed by atoms with van der Waals surface area (Å²) in [6.45, 7) is 2.58. The molecule has 0 bridgehead atoms. The van der Waals surface area contributed by atoms with E-state index in [0.29, 0.717) is 6.54 Å². The Morgan fingerprint density at radius 3 is 2.44 bits per heavy atom. The van der Waals surface area contributed by atoms with Gasteiger partial charge in [-0.25, -0.2) is 17.9 Å². The van der Waals surface area contributed by atoms with Crippen LogP contribution < -0.4 is 16.0 Å². The van der Waals surface area contributed by atoms with Gasteiger partial charge in [-0.05, 0) is 12.3 Å². The summed E-state index contributed by atoms with van der Waals surface area (Å²) in [6, 6.07) is 0.762. The van der Waals surface area contributed by atoms with Gasteiger partial charge in [0, 0.05) is 39.3 Å². The molecule has 1 aromatic rings. The molecule has 1 saturated heterocycles. The van der Waals surface area contributed by atoms with E-state index in [2.05, 4.69) is 4.72 Å². The van der Waals surface area contributed by atoms with Crippen LogP contribution in [-0.4, -0.2) is 53.7 Å². The molecule has 2 rings (SSSR count). The molecule has 0 saturated carbocycles. The van der Waals surface area contributed by atoms with Crippen molar-refractivity contribution in [2.24, 2.45) is 20.0 Å². The third-order valence-electron chi connectivity index (χ3n) is 4.50. The second-order valence-electron chi connectivity index (χ2n) is 6.52. The standard InChI is InChI=1S/C15H24N4O5S/c1-5-6-10-8-19(9-11(10)16-25(4,23)24)14(21)12-7-13(20)18(3)15(22)17(12)2/h7,10-11,16H,5-6,8-9H2,1-4H3/t10-,11-/m1/s1. The van der Waals surface area contributed by atoms with E-state index in [1.54, 1.807) is 0 Å². The van der Waals surface area contributed by atoms with Crippen molar-refractivity contribution in [3.63, 3.8) is 0 Å². The predicted octanol–water partition coefficient (Wildman–Crippen LogP) is -1.13. The second kappa shape index (κ2) is 7.12. The summed E-state index contributed by atoms with van der Waals surface area (Å²) in [5.41, 5.74) is -1.13. The first-order valence-corrected chi connectivity index (χ1v) is 9.98. The maximum absolute atomic E-state index is 12.8. The van der Waals surface area contributed by atoms with Crippen LogP contribution in [0.2, 0.25) is 0 Å². The van der Waals surface area contributed by atoms with E-state index >= 15 is 0 Å². The van der Waals surface area contributed by atoms with Crippen LogP contribution in [0.4, 0.5) is 0 Å². The molecule has 1 aliphatic rings. The molecule has 1 fully saturated rings. The van der Waals surface area contributed by atoms with E-state index in [-0.39, 0.29) is 24.2 Å². The van der Waals surface area contributed by atoms with Crippen molar-refractivity contribution in [1.29, 1.82) is 0 Å². The molecule has 1 amide bonds. The van der Waals surface area contributed by atoms with Crippen LogP contribution >= 0.6 is 0 Å². The lowest BCUT2D eigenvalue weighted by Crippen LogP contribution is -2.43. The zero-order valence-corrected chi connectivity index (χ0v) is 15.7. The Morgan fingerprint density at radius 2 is 1.88 bits per heavy atom. The van der Waals surface area contributed by atoms with Crippen molar-refractivity contribution >= 4 is 15.9 Å². The smallest absolute Gasteiger partial charge is 0.331 e. The highest BCUT2D eigenvalue weighted by Gasteiger charge is 2.37. The highest BCUT2D eigenvalue weighted by atomic mass is 32.2. The number of rotatable bonds is 5. The number of sulfonamides is 1. The molecule has 0 aliphatic carbocycles. The molecule has 0 radical (unpaired) electrons. The number of carbonyl (C=O) groups is 1. The summed E-state index contributed by atoms with van der Waals surface area (Å²) < 4.78 is 27.8. The van der Waals surface area contributed by atoms with Gasteiger partial charge in [0.25, 0.3) is 11.5 Å². The molecular formula is C15H24N4O5S. The van der Waals surface area contributed by atoms with Crippen LogP contribution in [0.1, 0.15) is 30.3 Å². The first-order chi connectivity index (χ1) is 11.5. The Labute approximate surface area is 146 Å². The van der Waals surface area contributed by atoms with Gasteiger partial charge in [-0.15, -0.1) is 0 Å². The molecule has 1 aliphatic heterocycles. The number of hydrogen-bond acceptors (Lipinski definition) is 5. The van der Waals surface area contributed by atoms with Gasteiger partial charge in [-0.2, -0.15) is 0 Å². The lowest BCUT2D eigenvalue weighted by molar-refractivity contribution is 0.0773. The summed E-state index contributed by atoms with van der Waals surface area (Å²) in [6.07, 6.45) is 2.72. The molecule has 0 spiro atoms. The number of aromatic nitrogens is 2. The zero-order valence-electron chi connectivity index (χ0n) is 14.9. The van der Waals surface area contributed by atoms with Gasteiger partial charge in [0.2, 0.25) is 10.0 Å². The largest absolute Gasteiger partial charge is 0.335 e. The van der Waals surface area contributed by atoms with E-state index < -0.39 is 27.2 Å². The fourth-order valence-corrected chi connectivity index (χ4v) is 4.03. The summed E-state index contributed by atoms with van der Waals surface area (Å²) in [4.78, 5) is 38.1. The monoisotopic (exact) mass is 372 g/mol. The van der Waals surface area contributed by atoms with E-state index in [9.17, 15) is 22.8 Å². The normalized spacial score (nSPS) is 20.9. The van der Waals surface area contributed by atoms with Gasteiger partial charge in [-0.1, -0.05) is 13.3 Å². The van der Waals surface area contributed by atoms with E-state index in [4.69, 9.17) is 0 Å². The maximum Gasteiger partial charge on any atom is 0.331 e. The minimum atomic E-state index is -3.40. The number of likely N-dealkylation sites (tertiary alicyclic amines) is 1. The zero-order chi connectivity index (χ0) is 18.9. The maximum atomic E-state index is 12.8. The van der Waals surface area contributed by atoms with Crippen molar-refractivity contribution in [2.75, 3.05) is 19.3 Å².